The third kappa shape index (κ3) is 5.37. The lowest BCUT2D eigenvalue weighted by Gasteiger charge is -2.33. The molecule has 218 valence electrons. The number of aryl methyl sites for hydroxylation is 1. The molecule has 0 amide bonds. The zero-order chi connectivity index (χ0) is 28.8. The van der Waals surface area contributed by atoms with E-state index in [0.29, 0.717) is 13.2 Å². The molecule has 0 aliphatic carbocycles. The maximum absolute atomic E-state index is 7.03. The first-order chi connectivity index (χ1) is 20.1. The van der Waals surface area contributed by atoms with Crippen molar-refractivity contribution in [3.05, 3.63) is 88.9 Å². The van der Waals surface area contributed by atoms with Gasteiger partial charge in [-0.15, -0.1) is 0 Å². The number of para-hydroxylation sites is 1. The van der Waals surface area contributed by atoms with Crippen LogP contribution in [0.3, 0.4) is 0 Å². The molecule has 5 nitrogen and oxygen atoms in total. The number of aromatic nitrogens is 2. The Kier molecular flexibility index (Phi) is 9.34. The molecular weight excluding hydrogens is 506 g/mol. The second kappa shape index (κ2) is 13.1. The van der Waals surface area contributed by atoms with Crippen LogP contribution in [-0.4, -0.2) is 29.2 Å². The van der Waals surface area contributed by atoms with Gasteiger partial charge in [0.25, 0.3) is 0 Å². The van der Waals surface area contributed by atoms with Gasteiger partial charge in [0.2, 0.25) is 0 Å². The number of anilines is 1. The van der Waals surface area contributed by atoms with E-state index in [-0.39, 0.29) is 0 Å². The molecular formula is C36H47N3O2. The summed E-state index contributed by atoms with van der Waals surface area (Å²) >= 11 is 0. The quantitative estimate of drug-likeness (QED) is 0.146. The second-order valence-electron chi connectivity index (χ2n) is 11.2. The van der Waals surface area contributed by atoms with Crippen molar-refractivity contribution >= 4 is 16.6 Å². The molecule has 0 N–H and O–H groups in total. The molecule has 5 heteroatoms. The van der Waals surface area contributed by atoms with Crippen molar-refractivity contribution in [2.24, 2.45) is 0 Å². The summed E-state index contributed by atoms with van der Waals surface area (Å²) < 4.78 is 16.0. The van der Waals surface area contributed by atoms with E-state index in [4.69, 9.17) is 14.5 Å². The number of hydrogen-bond acceptors (Lipinski definition) is 4. The number of rotatable bonds is 14. The van der Waals surface area contributed by atoms with Crippen molar-refractivity contribution in [3.8, 4) is 5.75 Å². The first kappa shape index (κ1) is 29.2. The van der Waals surface area contributed by atoms with E-state index in [9.17, 15) is 0 Å². The molecule has 1 atom stereocenters. The van der Waals surface area contributed by atoms with Gasteiger partial charge in [-0.2, -0.15) is 0 Å². The second-order valence-corrected chi connectivity index (χ2v) is 11.2. The highest BCUT2D eigenvalue weighted by molar-refractivity contribution is 5.88. The van der Waals surface area contributed by atoms with Crippen LogP contribution in [0.2, 0.25) is 0 Å². The van der Waals surface area contributed by atoms with E-state index in [1.165, 1.54) is 66.4 Å². The van der Waals surface area contributed by atoms with Crippen LogP contribution in [0, 0.1) is 6.92 Å². The van der Waals surface area contributed by atoms with E-state index in [2.05, 4.69) is 92.6 Å². The Balaban J connectivity index is 1.70. The highest BCUT2D eigenvalue weighted by Gasteiger charge is 2.49. The van der Waals surface area contributed by atoms with Gasteiger partial charge in [-0.25, -0.2) is 0 Å². The molecule has 1 aliphatic rings. The standard InChI is InChI=1S/C36H47N3O2/c1-6-10-11-12-13-16-24-39-27(5)34(30-19-14-15-20-32(30)39)36(35-28(26-41-36)18-17-23-37-35)31-22-21-29(38(7-2)8-3)25-33(31)40-9-4/h14-15,17-23,25H,6-13,16,24,26H2,1-5H3. The van der Waals surface area contributed by atoms with Crippen LogP contribution in [0.25, 0.3) is 10.9 Å². The van der Waals surface area contributed by atoms with Gasteiger partial charge in [-0.1, -0.05) is 63.3 Å². The van der Waals surface area contributed by atoms with Crippen LogP contribution in [0.1, 0.15) is 94.3 Å². The molecule has 4 aromatic rings. The van der Waals surface area contributed by atoms with Gasteiger partial charge in [0.05, 0.1) is 18.9 Å². The van der Waals surface area contributed by atoms with Crippen molar-refractivity contribution in [3.63, 3.8) is 0 Å². The molecule has 0 saturated heterocycles. The first-order valence-electron chi connectivity index (χ1n) is 15.8. The lowest BCUT2D eigenvalue weighted by Crippen LogP contribution is -2.31. The van der Waals surface area contributed by atoms with E-state index >= 15 is 0 Å². The van der Waals surface area contributed by atoms with Crippen LogP contribution in [0.15, 0.2) is 60.8 Å². The smallest absolute Gasteiger partial charge is 0.167 e. The van der Waals surface area contributed by atoms with Gasteiger partial charge < -0.3 is 18.9 Å². The fraction of sp³-hybridized carbons (Fsp3) is 0.472. The Hall–Kier alpha value is -3.31. The average Bonchev–Trinajstić information content (AvgIpc) is 3.51. The molecule has 1 aliphatic heterocycles. The van der Waals surface area contributed by atoms with Gasteiger partial charge in [0.1, 0.15) is 5.75 Å². The fourth-order valence-electron chi connectivity index (χ4n) is 6.73. The maximum Gasteiger partial charge on any atom is 0.167 e. The predicted octanol–water partition coefficient (Wildman–Crippen LogP) is 8.77. The van der Waals surface area contributed by atoms with Gasteiger partial charge in [0, 0.05) is 70.9 Å². The predicted molar refractivity (Wildman–Crippen MR) is 170 cm³/mol. The number of ether oxygens (including phenoxy) is 2. The van der Waals surface area contributed by atoms with Gasteiger partial charge in [-0.05, 0) is 58.4 Å². The summed E-state index contributed by atoms with van der Waals surface area (Å²) in [5.74, 6) is 0.863. The van der Waals surface area contributed by atoms with Crippen molar-refractivity contribution < 1.29 is 9.47 Å². The zero-order valence-electron chi connectivity index (χ0n) is 25.7. The molecule has 1 unspecified atom stereocenters. The minimum absolute atomic E-state index is 0.517. The number of fused-ring (bicyclic) bond motifs is 2. The lowest BCUT2D eigenvalue weighted by molar-refractivity contribution is 0.0232. The Morgan fingerprint density at radius 3 is 2.49 bits per heavy atom. The molecule has 0 saturated carbocycles. The van der Waals surface area contributed by atoms with E-state index in [1.54, 1.807) is 0 Å². The van der Waals surface area contributed by atoms with Crippen molar-refractivity contribution in [2.75, 3.05) is 24.6 Å². The summed E-state index contributed by atoms with van der Waals surface area (Å²) in [7, 11) is 0. The molecule has 0 fully saturated rings. The van der Waals surface area contributed by atoms with Crippen LogP contribution >= 0.6 is 0 Å². The van der Waals surface area contributed by atoms with Crippen LogP contribution in [-0.2, 0) is 23.5 Å². The number of nitrogens with zero attached hydrogens (tertiary/aromatic N) is 3. The number of benzene rings is 2. The molecule has 3 heterocycles. The highest BCUT2D eigenvalue weighted by atomic mass is 16.5. The minimum atomic E-state index is -0.862. The molecule has 0 radical (unpaired) electrons. The third-order valence-corrected chi connectivity index (χ3v) is 8.76. The van der Waals surface area contributed by atoms with E-state index in [0.717, 1.165) is 42.2 Å². The molecule has 0 spiro atoms. The summed E-state index contributed by atoms with van der Waals surface area (Å²) in [6.07, 6.45) is 9.58. The Morgan fingerprint density at radius 1 is 0.927 bits per heavy atom. The topological polar surface area (TPSA) is 39.5 Å². The summed E-state index contributed by atoms with van der Waals surface area (Å²) in [4.78, 5) is 7.38. The van der Waals surface area contributed by atoms with Gasteiger partial charge in [0.15, 0.2) is 5.60 Å². The van der Waals surface area contributed by atoms with E-state index in [1.807, 2.05) is 12.3 Å². The Morgan fingerprint density at radius 2 is 1.71 bits per heavy atom. The molecule has 0 bridgehead atoms. The van der Waals surface area contributed by atoms with Crippen LogP contribution in [0.5, 0.6) is 5.75 Å². The summed E-state index contributed by atoms with van der Waals surface area (Å²) in [6.45, 7) is 15.0. The van der Waals surface area contributed by atoms with Gasteiger partial charge in [-0.3, -0.25) is 4.98 Å². The summed E-state index contributed by atoms with van der Waals surface area (Å²) in [6, 6.07) is 19.6. The highest BCUT2D eigenvalue weighted by Crippen LogP contribution is 2.53. The lowest BCUT2D eigenvalue weighted by atomic mass is 9.80. The SMILES string of the molecule is CCCCCCCCn1c(C)c(C2(c3ccc(N(CC)CC)cc3OCC)OCc3cccnc32)c2ccccc21. The van der Waals surface area contributed by atoms with E-state index < -0.39 is 5.60 Å². The number of unbranched alkanes of at least 4 members (excludes halogenated alkanes) is 5. The number of pyridine rings is 1. The summed E-state index contributed by atoms with van der Waals surface area (Å²) in [5, 5.41) is 1.23. The normalized spacial score (nSPS) is 16.3. The van der Waals surface area contributed by atoms with Gasteiger partial charge >= 0.3 is 0 Å². The Labute approximate surface area is 246 Å². The first-order valence-corrected chi connectivity index (χ1v) is 15.8. The van der Waals surface area contributed by atoms with Crippen LogP contribution in [0.4, 0.5) is 5.69 Å². The monoisotopic (exact) mass is 553 g/mol. The van der Waals surface area contributed by atoms with Crippen molar-refractivity contribution in [1.29, 1.82) is 0 Å². The molecule has 2 aromatic heterocycles. The largest absolute Gasteiger partial charge is 0.493 e. The number of hydrogen-bond donors (Lipinski definition) is 0. The minimum Gasteiger partial charge on any atom is -0.493 e. The third-order valence-electron chi connectivity index (χ3n) is 8.76. The Bertz CT molecular complexity index is 1450. The van der Waals surface area contributed by atoms with Crippen LogP contribution < -0.4 is 9.64 Å². The molecule has 2 aromatic carbocycles. The zero-order valence-corrected chi connectivity index (χ0v) is 25.7. The molecule has 5 rings (SSSR count). The van der Waals surface area contributed by atoms with Crippen molar-refractivity contribution in [1.82, 2.24) is 9.55 Å². The maximum atomic E-state index is 7.03. The van der Waals surface area contributed by atoms with Crippen molar-refractivity contribution in [2.45, 2.75) is 91.9 Å². The average molecular weight is 554 g/mol. The fourth-order valence-corrected chi connectivity index (χ4v) is 6.73. The summed E-state index contributed by atoms with van der Waals surface area (Å²) in [5.41, 5.74) is 7.13. The molecule has 41 heavy (non-hydrogen) atoms.